The number of ether oxygens (including phenoxy) is 1. The zero-order chi connectivity index (χ0) is 16.8. The van der Waals surface area contributed by atoms with Crippen LogP contribution in [-0.2, 0) is 17.9 Å². The smallest absolute Gasteiger partial charge is 0.317 e. The third-order valence-electron chi connectivity index (χ3n) is 3.96. The second kappa shape index (κ2) is 7.92. The van der Waals surface area contributed by atoms with Crippen LogP contribution in [0.3, 0.4) is 0 Å². The number of urea groups is 1. The number of amides is 2. The van der Waals surface area contributed by atoms with Gasteiger partial charge < -0.3 is 19.5 Å². The SMILES string of the molecule is Cc1noc(CO[C@H]2CCCN(C(=O)NCc3ccccc3)C2)n1. The predicted molar refractivity (Wildman–Crippen MR) is 87.1 cm³/mol. The maximum atomic E-state index is 12.3. The van der Waals surface area contributed by atoms with Gasteiger partial charge in [-0.15, -0.1) is 0 Å². The second-order valence-corrected chi connectivity index (χ2v) is 5.90. The first-order valence-electron chi connectivity index (χ1n) is 8.18. The highest BCUT2D eigenvalue weighted by Gasteiger charge is 2.24. The van der Waals surface area contributed by atoms with Crippen LogP contribution in [0.5, 0.6) is 0 Å². The highest BCUT2D eigenvalue weighted by molar-refractivity contribution is 5.74. The molecule has 1 atom stereocenters. The van der Waals surface area contributed by atoms with Gasteiger partial charge in [-0.2, -0.15) is 4.98 Å². The van der Waals surface area contributed by atoms with E-state index < -0.39 is 0 Å². The molecule has 0 radical (unpaired) electrons. The van der Waals surface area contributed by atoms with Gasteiger partial charge in [-0.1, -0.05) is 35.5 Å². The van der Waals surface area contributed by atoms with E-state index in [1.807, 2.05) is 30.3 Å². The first-order valence-corrected chi connectivity index (χ1v) is 8.18. The molecular formula is C17H22N4O3. The lowest BCUT2D eigenvalue weighted by molar-refractivity contribution is -0.0103. The third kappa shape index (κ3) is 4.55. The van der Waals surface area contributed by atoms with Crippen LogP contribution in [0.4, 0.5) is 4.79 Å². The van der Waals surface area contributed by atoms with Gasteiger partial charge in [0, 0.05) is 19.6 Å². The van der Waals surface area contributed by atoms with Gasteiger partial charge in [0.2, 0.25) is 0 Å². The van der Waals surface area contributed by atoms with Gasteiger partial charge in [0.25, 0.3) is 5.89 Å². The predicted octanol–water partition coefficient (Wildman–Crippen LogP) is 2.27. The van der Waals surface area contributed by atoms with E-state index in [1.54, 1.807) is 11.8 Å². The maximum absolute atomic E-state index is 12.3. The van der Waals surface area contributed by atoms with Crippen molar-refractivity contribution in [1.82, 2.24) is 20.4 Å². The summed E-state index contributed by atoms with van der Waals surface area (Å²) in [6.45, 7) is 3.91. The molecule has 24 heavy (non-hydrogen) atoms. The van der Waals surface area contributed by atoms with Crippen molar-refractivity contribution in [3.8, 4) is 0 Å². The van der Waals surface area contributed by atoms with Gasteiger partial charge in [0.1, 0.15) is 6.61 Å². The lowest BCUT2D eigenvalue weighted by atomic mass is 10.1. The Hall–Kier alpha value is -2.41. The van der Waals surface area contributed by atoms with E-state index in [1.165, 1.54) is 0 Å². The van der Waals surface area contributed by atoms with Crippen molar-refractivity contribution in [2.45, 2.75) is 39.0 Å². The molecule has 0 aliphatic carbocycles. The number of hydrogen-bond donors (Lipinski definition) is 1. The summed E-state index contributed by atoms with van der Waals surface area (Å²) in [6, 6.07) is 9.82. The number of piperidine rings is 1. The first kappa shape index (κ1) is 16.4. The highest BCUT2D eigenvalue weighted by Crippen LogP contribution is 2.15. The van der Waals surface area contributed by atoms with Crippen molar-refractivity contribution in [3.63, 3.8) is 0 Å². The Morgan fingerprint density at radius 1 is 1.42 bits per heavy atom. The molecule has 2 heterocycles. The molecule has 7 heteroatoms. The Morgan fingerprint density at radius 2 is 2.25 bits per heavy atom. The lowest BCUT2D eigenvalue weighted by Crippen LogP contribution is -2.47. The van der Waals surface area contributed by atoms with Crippen LogP contribution in [0, 0.1) is 6.92 Å². The molecule has 128 valence electrons. The summed E-state index contributed by atoms with van der Waals surface area (Å²) >= 11 is 0. The van der Waals surface area contributed by atoms with Gasteiger partial charge in [-0.3, -0.25) is 0 Å². The minimum Gasteiger partial charge on any atom is -0.367 e. The summed E-state index contributed by atoms with van der Waals surface area (Å²) in [7, 11) is 0. The van der Waals surface area contributed by atoms with E-state index >= 15 is 0 Å². The summed E-state index contributed by atoms with van der Waals surface area (Å²) in [5.74, 6) is 1.07. The highest BCUT2D eigenvalue weighted by atomic mass is 16.5. The van der Waals surface area contributed by atoms with Crippen LogP contribution in [0.1, 0.15) is 30.1 Å². The van der Waals surface area contributed by atoms with Gasteiger partial charge in [0.05, 0.1) is 6.10 Å². The van der Waals surface area contributed by atoms with E-state index in [-0.39, 0.29) is 18.7 Å². The molecule has 1 aliphatic heterocycles. The topological polar surface area (TPSA) is 80.5 Å². The van der Waals surface area contributed by atoms with Crippen molar-refractivity contribution < 1.29 is 14.1 Å². The number of nitrogens with one attached hydrogen (secondary N) is 1. The Balaban J connectivity index is 1.45. The molecular weight excluding hydrogens is 308 g/mol. The molecule has 1 fully saturated rings. The standard InChI is InChI=1S/C17H22N4O3/c1-13-19-16(24-20-13)12-23-15-8-5-9-21(11-15)17(22)18-10-14-6-3-2-4-7-14/h2-4,6-7,15H,5,8-12H2,1H3,(H,18,22)/t15-/m0/s1. The summed E-state index contributed by atoms with van der Waals surface area (Å²) in [4.78, 5) is 18.2. The van der Waals surface area contributed by atoms with Crippen LogP contribution in [0.25, 0.3) is 0 Å². The number of benzene rings is 1. The third-order valence-corrected chi connectivity index (χ3v) is 3.96. The van der Waals surface area contributed by atoms with Gasteiger partial charge >= 0.3 is 6.03 Å². The average Bonchev–Trinajstić information content (AvgIpc) is 3.04. The zero-order valence-electron chi connectivity index (χ0n) is 13.8. The van der Waals surface area contributed by atoms with Crippen LogP contribution >= 0.6 is 0 Å². The fraction of sp³-hybridized carbons (Fsp3) is 0.471. The molecule has 1 aliphatic rings. The van der Waals surface area contributed by atoms with Crippen molar-refractivity contribution in [2.24, 2.45) is 0 Å². The first-order chi connectivity index (χ1) is 11.7. The van der Waals surface area contributed by atoms with Crippen LogP contribution in [-0.4, -0.2) is 40.3 Å². The zero-order valence-corrected chi connectivity index (χ0v) is 13.8. The van der Waals surface area contributed by atoms with Crippen LogP contribution in [0.2, 0.25) is 0 Å². The number of carbonyl (C=O) groups excluding carboxylic acids is 1. The number of carbonyl (C=O) groups is 1. The molecule has 0 spiro atoms. The van der Waals surface area contributed by atoms with Gasteiger partial charge in [-0.25, -0.2) is 4.79 Å². The molecule has 0 bridgehead atoms. The fourth-order valence-corrected chi connectivity index (χ4v) is 2.73. The van der Waals surface area contributed by atoms with Crippen molar-refractivity contribution in [1.29, 1.82) is 0 Å². The molecule has 0 saturated carbocycles. The summed E-state index contributed by atoms with van der Waals surface area (Å²) in [5, 5.41) is 6.69. The molecule has 2 aromatic rings. The molecule has 2 amide bonds. The Bertz CT molecular complexity index is 659. The molecule has 1 N–H and O–H groups in total. The average molecular weight is 330 g/mol. The molecule has 1 aromatic carbocycles. The normalized spacial score (nSPS) is 17.7. The summed E-state index contributed by atoms with van der Waals surface area (Å²) in [6.07, 6.45) is 1.84. The van der Waals surface area contributed by atoms with Crippen molar-refractivity contribution in [3.05, 3.63) is 47.6 Å². The minimum absolute atomic E-state index is 0.00608. The monoisotopic (exact) mass is 330 g/mol. The van der Waals surface area contributed by atoms with Crippen LogP contribution < -0.4 is 5.32 Å². The van der Waals surface area contributed by atoms with Crippen LogP contribution in [0.15, 0.2) is 34.9 Å². The minimum atomic E-state index is -0.0548. The van der Waals surface area contributed by atoms with Gasteiger partial charge in [-0.05, 0) is 25.3 Å². The van der Waals surface area contributed by atoms with E-state index in [4.69, 9.17) is 9.26 Å². The van der Waals surface area contributed by atoms with Crippen molar-refractivity contribution >= 4 is 6.03 Å². The molecule has 7 nitrogen and oxygen atoms in total. The summed E-state index contributed by atoms with van der Waals surface area (Å²) < 4.78 is 10.8. The lowest BCUT2D eigenvalue weighted by Gasteiger charge is -2.32. The molecule has 0 unspecified atom stereocenters. The molecule has 3 rings (SSSR count). The number of nitrogens with zero attached hydrogens (tertiary/aromatic N) is 3. The Labute approximate surface area is 141 Å². The van der Waals surface area contributed by atoms with E-state index in [0.717, 1.165) is 24.9 Å². The number of rotatable bonds is 5. The maximum Gasteiger partial charge on any atom is 0.317 e. The van der Waals surface area contributed by atoms with E-state index in [0.29, 0.717) is 24.8 Å². The van der Waals surface area contributed by atoms with E-state index in [2.05, 4.69) is 15.5 Å². The number of aromatic nitrogens is 2. The number of aryl methyl sites for hydroxylation is 1. The quantitative estimate of drug-likeness (QED) is 0.909. The van der Waals surface area contributed by atoms with Crippen molar-refractivity contribution in [2.75, 3.05) is 13.1 Å². The number of likely N-dealkylation sites (tertiary alicyclic amines) is 1. The Morgan fingerprint density at radius 3 is 3.00 bits per heavy atom. The second-order valence-electron chi connectivity index (χ2n) is 5.90. The van der Waals surface area contributed by atoms with Gasteiger partial charge in [0.15, 0.2) is 5.82 Å². The molecule has 1 saturated heterocycles. The summed E-state index contributed by atoms with van der Waals surface area (Å²) in [5.41, 5.74) is 1.09. The largest absolute Gasteiger partial charge is 0.367 e. The molecule has 1 aromatic heterocycles. The fourth-order valence-electron chi connectivity index (χ4n) is 2.73. The van der Waals surface area contributed by atoms with E-state index in [9.17, 15) is 4.79 Å². The Kier molecular flexibility index (Phi) is 5.43. The number of hydrogen-bond acceptors (Lipinski definition) is 5.